The van der Waals surface area contributed by atoms with Gasteiger partial charge in [-0.1, -0.05) is 13.3 Å². The van der Waals surface area contributed by atoms with Crippen LogP contribution in [0.4, 0.5) is 0 Å². The molecule has 0 bridgehead atoms. The van der Waals surface area contributed by atoms with Gasteiger partial charge >= 0.3 is 0 Å². The molecule has 0 saturated carbocycles. The summed E-state index contributed by atoms with van der Waals surface area (Å²) in [5.41, 5.74) is 4.62. The number of rotatable bonds is 10. The van der Waals surface area contributed by atoms with Crippen molar-refractivity contribution >= 4 is 30.0 Å². The predicted molar refractivity (Wildman–Crippen MR) is 108 cm³/mol. The van der Waals surface area contributed by atoms with Crippen LogP contribution in [0.3, 0.4) is 0 Å². The zero-order chi connectivity index (χ0) is 21.4. The Bertz CT molecular complexity index is 556. The van der Waals surface area contributed by atoms with E-state index in [9.17, 15) is 14.4 Å². The molecule has 0 unspecified atom stereocenters. The van der Waals surface area contributed by atoms with Crippen LogP contribution >= 0.6 is 0 Å². The van der Waals surface area contributed by atoms with Gasteiger partial charge in [-0.05, 0) is 47.2 Å². The van der Waals surface area contributed by atoms with Gasteiger partial charge < -0.3 is 20.7 Å². The molecule has 1 heterocycles. The lowest BCUT2D eigenvalue weighted by Crippen LogP contribution is -2.48. The third-order valence-corrected chi connectivity index (χ3v) is 3.08. The molecule has 160 valence electrons. The van der Waals surface area contributed by atoms with E-state index in [1.807, 2.05) is 34.7 Å². The molecule has 28 heavy (non-hydrogen) atoms. The fraction of sp³-hybridized carbons (Fsp3) is 0.706. The van der Waals surface area contributed by atoms with E-state index < -0.39 is 0 Å². The average molecular weight is 399 g/mol. The van der Waals surface area contributed by atoms with E-state index in [-0.39, 0.29) is 29.1 Å². The van der Waals surface area contributed by atoms with Crippen LogP contribution in [0.15, 0.2) is 10.2 Å². The molecule has 5 N–H and O–H groups in total. The zero-order valence-corrected chi connectivity index (χ0v) is 17.3. The Morgan fingerprint density at radius 1 is 1.00 bits per heavy atom. The first-order chi connectivity index (χ1) is 13.2. The van der Waals surface area contributed by atoms with Crippen LogP contribution in [-0.4, -0.2) is 62.2 Å². The molecule has 1 aliphatic rings. The average Bonchev–Trinajstić information content (AvgIpc) is 2.65. The van der Waals surface area contributed by atoms with Crippen molar-refractivity contribution in [1.29, 1.82) is 0 Å². The van der Waals surface area contributed by atoms with Crippen molar-refractivity contribution in [3.8, 4) is 0 Å². The number of amidine groups is 2. The van der Waals surface area contributed by atoms with Crippen molar-refractivity contribution in [2.75, 3.05) is 26.7 Å². The molecule has 1 rings (SSSR count). The van der Waals surface area contributed by atoms with Gasteiger partial charge in [0.25, 0.3) is 18.3 Å². The highest BCUT2D eigenvalue weighted by atomic mass is 16.5. The number of carbonyl (C=O) groups excluding carboxylic acids is 3. The number of amides is 2. The predicted octanol–water partition coefficient (Wildman–Crippen LogP) is -0.594. The molecule has 11 nitrogen and oxygen atoms in total. The zero-order valence-electron chi connectivity index (χ0n) is 17.3. The minimum atomic E-state index is -0.368. The number of hydrogen-bond donors (Lipinski definition) is 5. The summed E-state index contributed by atoms with van der Waals surface area (Å²) in [6, 6.07) is 0. The van der Waals surface area contributed by atoms with Crippen LogP contribution in [0.2, 0.25) is 0 Å². The van der Waals surface area contributed by atoms with Crippen LogP contribution in [0.25, 0.3) is 0 Å². The molecule has 0 saturated heterocycles. The van der Waals surface area contributed by atoms with E-state index in [1.54, 1.807) is 0 Å². The van der Waals surface area contributed by atoms with E-state index in [1.165, 1.54) is 0 Å². The topological polar surface area (TPSA) is 145 Å². The highest BCUT2D eigenvalue weighted by Crippen LogP contribution is 2.02. The lowest BCUT2D eigenvalue weighted by molar-refractivity contribution is -0.138. The molecule has 0 radical (unpaired) electrons. The number of nitrogens with one attached hydrogen (secondary N) is 5. The smallest absolute Gasteiger partial charge is 0.293 e. The molecule has 0 fully saturated rings. The monoisotopic (exact) mass is 399 g/mol. The third kappa shape index (κ3) is 12.6. The van der Waals surface area contributed by atoms with E-state index in [0.29, 0.717) is 19.6 Å². The van der Waals surface area contributed by atoms with Crippen LogP contribution in [0, 0.1) is 0 Å². The second-order valence-corrected chi connectivity index (χ2v) is 6.79. The summed E-state index contributed by atoms with van der Waals surface area (Å²) < 4.78 is 4.55. The van der Waals surface area contributed by atoms with Crippen molar-refractivity contribution < 1.29 is 19.1 Å². The van der Waals surface area contributed by atoms with Gasteiger partial charge in [-0.25, -0.2) is 0 Å². The summed E-state index contributed by atoms with van der Waals surface area (Å²) in [6.07, 6.45) is 2.71. The number of nitrogens with zero attached hydrogens (tertiary/aromatic N) is 2. The standard InChI is InChI=1S/C12H23N7O2.C5H10O2/c1-3-4-7-14-11(20)9-16-18-10(19-17-9)12(21)15-8-5-6-13-2;1-5(2,3)7-4-6/h13H,3-8H2,1-2H3,(H,14,20)(H,15,21)(H,16,17)(H,18,19);4H,1-3H3. The minimum Gasteiger partial charge on any atom is -0.462 e. The van der Waals surface area contributed by atoms with Crippen LogP contribution in [0.5, 0.6) is 0 Å². The van der Waals surface area contributed by atoms with Crippen LogP contribution < -0.4 is 26.8 Å². The Morgan fingerprint density at radius 2 is 1.50 bits per heavy atom. The van der Waals surface area contributed by atoms with Crippen molar-refractivity contribution in [3.63, 3.8) is 0 Å². The molecule has 1 aliphatic heterocycles. The number of hydrogen-bond acceptors (Lipinski definition) is 9. The molecule has 11 heteroatoms. The Labute approximate surface area is 166 Å². The number of hydrazone groups is 2. The fourth-order valence-corrected chi connectivity index (χ4v) is 1.63. The van der Waals surface area contributed by atoms with Gasteiger partial charge in [0, 0.05) is 13.1 Å². The van der Waals surface area contributed by atoms with Crippen molar-refractivity contribution in [1.82, 2.24) is 26.8 Å². The van der Waals surface area contributed by atoms with Gasteiger partial charge in [0.05, 0.1) is 0 Å². The summed E-state index contributed by atoms with van der Waals surface area (Å²) in [7, 11) is 1.85. The Balaban J connectivity index is 0.000000887. The minimum absolute atomic E-state index is 0.0320. The maximum atomic E-state index is 11.7. The SMILES string of the molecule is CC(C)(C)OC=O.CCCCNC(=O)C1=NNC(C(=O)NCCCNC)=NN1. The Hall–Kier alpha value is -2.69. The second-order valence-electron chi connectivity index (χ2n) is 6.79. The Kier molecular flexibility index (Phi) is 13.0. The van der Waals surface area contributed by atoms with Crippen molar-refractivity contribution in [2.24, 2.45) is 10.2 Å². The normalized spacial score (nSPS) is 12.8. The molecule has 0 aromatic rings. The van der Waals surface area contributed by atoms with Crippen LogP contribution in [-0.2, 0) is 19.1 Å². The van der Waals surface area contributed by atoms with Gasteiger partial charge in [-0.2, -0.15) is 0 Å². The number of ether oxygens (including phenoxy) is 1. The van der Waals surface area contributed by atoms with E-state index in [0.717, 1.165) is 25.8 Å². The van der Waals surface area contributed by atoms with Crippen molar-refractivity contribution in [2.45, 2.75) is 52.6 Å². The number of unbranched alkanes of at least 4 members (excludes halogenated alkanes) is 1. The molecular weight excluding hydrogens is 366 g/mol. The highest BCUT2D eigenvalue weighted by Gasteiger charge is 2.18. The summed E-state index contributed by atoms with van der Waals surface area (Å²) in [5.74, 6) is -0.650. The van der Waals surface area contributed by atoms with Gasteiger partial charge in [0.1, 0.15) is 5.60 Å². The lowest BCUT2D eigenvalue weighted by atomic mass is 10.2. The quantitative estimate of drug-likeness (QED) is 0.244. The molecule has 0 spiro atoms. The van der Waals surface area contributed by atoms with Gasteiger partial charge in [0.15, 0.2) is 0 Å². The lowest BCUT2D eigenvalue weighted by Gasteiger charge is -2.14. The van der Waals surface area contributed by atoms with E-state index in [2.05, 4.69) is 41.7 Å². The Morgan fingerprint density at radius 3 is 1.82 bits per heavy atom. The van der Waals surface area contributed by atoms with Gasteiger partial charge in [-0.3, -0.25) is 25.2 Å². The van der Waals surface area contributed by atoms with Gasteiger partial charge in [-0.15, -0.1) is 10.2 Å². The second kappa shape index (κ2) is 14.4. The van der Waals surface area contributed by atoms with Crippen LogP contribution in [0.1, 0.15) is 47.0 Å². The first kappa shape index (κ1) is 25.3. The molecule has 0 aromatic carbocycles. The molecule has 0 atom stereocenters. The maximum absolute atomic E-state index is 11.7. The summed E-state index contributed by atoms with van der Waals surface area (Å²) in [5, 5.41) is 16.0. The molecule has 2 amide bonds. The van der Waals surface area contributed by atoms with E-state index >= 15 is 0 Å². The van der Waals surface area contributed by atoms with Crippen molar-refractivity contribution in [3.05, 3.63) is 0 Å². The first-order valence-electron chi connectivity index (χ1n) is 9.25. The number of carbonyl (C=O) groups is 3. The molecular formula is C17H33N7O4. The first-order valence-corrected chi connectivity index (χ1v) is 9.25. The summed E-state index contributed by atoms with van der Waals surface area (Å²) in [6.45, 7) is 9.89. The van der Waals surface area contributed by atoms with Gasteiger partial charge in [0.2, 0.25) is 11.7 Å². The molecule has 0 aliphatic carbocycles. The largest absolute Gasteiger partial charge is 0.462 e. The highest BCUT2D eigenvalue weighted by molar-refractivity contribution is 6.42. The summed E-state index contributed by atoms with van der Waals surface area (Å²) in [4.78, 5) is 33.0. The summed E-state index contributed by atoms with van der Waals surface area (Å²) >= 11 is 0. The van der Waals surface area contributed by atoms with E-state index in [4.69, 9.17) is 0 Å². The molecule has 0 aromatic heterocycles. The third-order valence-electron chi connectivity index (χ3n) is 3.08. The fourth-order valence-electron chi connectivity index (χ4n) is 1.63. The maximum Gasteiger partial charge on any atom is 0.293 e.